The molecule has 12 heteroatoms. The van der Waals surface area contributed by atoms with Gasteiger partial charge in [-0.05, 0) is 74.2 Å². The number of esters is 2. The molecule has 2 aromatic carbocycles. The number of benzene rings is 2. The summed E-state index contributed by atoms with van der Waals surface area (Å²) in [6, 6.07) is 11.4. The van der Waals surface area contributed by atoms with E-state index in [-0.39, 0.29) is 17.9 Å². The molecule has 1 aliphatic carbocycles. The van der Waals surface area contributed by atoms with E-state index in [1.807, 2.05) is 50.1 Å². The van der Waals surface area contributed by atoms with Gasteiger partial charge in [0.25, 0.3) is 0 Å². The highest BCUT2D eigenvalue weighted by molar-refractivity contribution is 5.88. The van der Waals surface area contributed by atoms with Gasteiger partial charge in [-0.1, -0.05) is 44.2 Å². The average molecular weight is 783 g/mol. The minimum Gasteiger partial charge on any atom is -0.496 e. The van der Waals surface area contributed by atoms with E-state index in [4.69, 9.17) is 14.2 Å². The fourth-order valence-corrected chi connectivity index (χ4v) is 13.3. The molecule has 1 saturated carbocycles. The van der Waals surface area contributed by atoms with Crippen LogP contribution in [0, 0.1) is 17.3 Å². The predicted molar refractivity (Wildman–Crippen MR) is 215 cm³/mol. The summed E-state index contributed by atoms with van der Waals surface area (Å²) in [5.74, 6) is -1.74. The van der Waals surface area contributed by atoms with Gasteiger partial charge in [0.15, 0.2) is 0 Å². The summed E-state index contributed by atoms with van der Waals surface area (Å²) in [5, 5.41) is 38.2. The second kappa shape index (κ2) is 13.6. The fourth-order valence-electron chi connectivity index (χ4n) is 13.3. The highest BCUT2D eigenvalue weighted by Gasteiger charge is 2.79. The first-order valence-electron chi connectivity index (χ1n) is 20.8. The number of carbonyl (C=O) groups is 2. The third kappa shape index (κ3) is 5.16. The minimum atomic E-state index is -2.27. The lowest BCUT2D eigenvalue weighted by atomic mass is 9.48. The number of anilines is 1. The van der Waals surface area contributed by atoms with Crippen molar-refractivity contribution in [2.24, 2.45) is 17.3 Å². The molecule has 0 radical (unpaired) electrons. The SMILES string of the molecule is CC[C@]1(O)C[C@H]2C[C@H](C(=O)OC)C(c3cc4c(cc3OC)N(C)C3C45CCN4CC=C[C@](CC)(C45)[C@@H](O)[C@]3(O)C(=O)OC)c3[nH]c4ccccc4c3CCN(C2)C1. The normalized spacial score (nSPS) is 38.2. The van der Waals surface area contributed by atoms with E-state index in [1.165, 1.54) is 14.2 Å². The standard InChI is InChI=1S/C45H58N4O8/c1-7-42(53)23-26-20-30(37(50)56-5)35(36-28(14-18-48(24-26)25-42)27-12-9-10-13-32(27)46-36)29-21-31-33(22-34(29)55-4)47(3)39-44(31)16-19-49-17-11-15-43(8-2,38(44)49)40(51)45(39,54)41(52)57-6/h9-13,15,21-22,26,30,35,38-40,46,51,53-54H,7-8,14,16-20,23-25H2,1-6H3/t26-,30+,35?,38?,39?,40-,42+,43-,44?,45+/m1/s1. The third-order valence-corrected chi connectivity index (χ3v) is 15.5. The molecule has 0 amide bonds. The first-order chi connectivity index (χ1) is 27.3. The summed E-state index contributed by atoms with van der Waals surface area (Å²) < 4.78 is 17.4. The predicted octanol–water partition coefficient (Wildman–Crippen LogP) is 3.88. The number of para-hydroxylation sites is 1. The summed E-state index contributed by atoms with van der Waals surface area (Å²) in [7, 11) is 6.25. The average Bonchev–Trinajstić information content (AvgIpc) is 3.87. The van der Waals surface area contributed by atoms with Crippen molar-refractivity contribution in [3.63, 3.8) is 0 Å². The minimum absolute atomic E-state index is 0.0354. The van der Waals surface area contributed by atoms with Crippen molar-refractivity contribution in [3.8, 4) is 5.75 Å². The van der Waals surface area contributed by atoms with E-state index in [2.05, 4.69) is 39.1 Å². The van der Waals surface area contributed by atoms with Crippen LogP contribution >= 0.6 is 0 Å². The van der Waals surface area contributed by atoms with Crippen LogP contribution in [0.5, 0.6) is 5.75 Å². The van der Waals surface area contributed by atoms with Crippen LogP contribution < -0.4 is 9.64 Å². The van der Waals surface area contributed by atoms with Crippen LogP contribution in [0.3, 0.4) is 0 Å². The van der Waals surface area contributed by atoms with Crippen molar-refractivity contribution in [1.29, 1.82) is 0 Å². The number of likely N-dealkylation sites (N-methyl/N-ethyl adjacent to an activating group) is 1. The molecule has 3 aromatic rings. The maximum atomic E-state index is 14.5. The molecule has 5 unspecified atom stereocenters. The molecule has 3 fully saturated rings. The van der Waals surface area contributed by atoms with E-state index >= 15 is 0 Å². The number of carbonyl (C=O) groups excluding carboxylic acids is 2. The Kier molecular flexibility index (Phi) is 9.17. The Bertz CT molecular complexity index is 2140. The lowest BCUT2D eigenvalue weighted by Gasteiger charge is -2.63. The Morgan fingerprint density at radius 2 is 1.81 bits per heavy atom. The number of fused-ring (bicyclic) bond motifs is 6. The van der Waals surface area contributed by atoms with Gasteiger partial charge >= 0.3 is 11.9 Å². The number of rotatable bonds is 6. The van der Waals surface area contributed by atoms with Gasteiger partial charge in [0.05, 0.1) is 38.9 Å². The number of hydrogen-bond donors (Lipinski definition) is 4. The molecule has 1 spiro atoms. The zero-order valence-electron chi connectivity index (χ0n) is 34.1. The van der Waals surface area contributed by atoms with Crippen molar-refractivity contribution in [3.05, 3.63) is 70.9 Å². The summed E-state index contributed by atoms with van der Waals surface area (Å²) in [6.45, 7) is 7.59. The summed E-state index contributed by atoms with van der Waals surface area (Å²) in [4.78, 5) is 39.1. The number of nitrogens with one attached hydrogen (secondary N) is 1. The van der Waals surface area contributed by atoms with Gasteiger partial charge in [0, 0.05) is 89.9 Å². The number of piperidine rings is 1. The van der Waals surface area contributed by atoms with Gasteiger partial charge in [0.1, 0.15) is 11.9 Å². The number of aromatic nitrogens is 1. The smallest absolute Gasteiger partial charge is 0.342 e. The molecule has 6 heterocycles. The number of aliphatic hydroxyl groups is 3. The topological polar surface area (TPSA) is 148 Å². The van der Waals surface area contributed by atoms with E-state index in [0.29, 0.717) is 63.9 Å². The summed E-state index contributed by atoms with van der Waals surface area (Å²) >= 11 is 0. The lowest BCUT2D eigenvalue weighted by molar-refractivity contribution is -0.218. The monoisotopic (exact) mass is 782 g/mol. The van der Waals surface area contributed by atoms with Crippen molar-refractivity contribution in [2.75, 3.05) is 66.0 Å². The second-order valence-electron chi connectivity index (χ2n) is 17.9. The zero-order chi connectivity index (χ0) is 40.2. The highest BCUT2D eigenvalue weighted by atomic mass is 16.5. The van der Waals surface area contributed by atoms with E-state index < -0.39 is 52.0 Å². The van der Waals surface area contributed by atoms with Gasteiger partial charge < -0.3 is 39.4 Å². The molecular weight excluding hydrogens is 725 g/mol. The zero-order valence-corrected chi connectivity index (χ0v) is 34.1. The van der Waals surface area contributed by atoms with Crippen LogP contribution in [-0.4, -0.2) is 133 Å². The van der Waals surface area contributed by atoms with Crippen molar-refractivity contribution in [1.82, 2.24) is 14.8 Å². The largest absolute Gasteiger partial charge is 0.496 e. The van der Waals surface area contributed by atoms with Crippen molar-refractivity contribution < 1.29 is 39.1 Å². The number of aromatic amines is 1. The van der Waals surface area contributed by atoms with Crippen LogP contribution in [0.2, 0.25) is 0 Å². The first-order valence-corrected chi connectivity index (χ1v) is 20.8. The van der Waals surface area contributed by atoms with Gasteiger partial charge in [-0.15, -0.1) is 0 Å². The molecule has 11 atom stereocenters. The number of nitrogens with zero attached hydrogens (tertiary/aromatic N) is 3. The number of hydrogen-bond acceptors (Lipinski definition) is 11. The van der Waals surface area contributed by atoms with Crippen LogP contribution in [0.15, 0.2) is 48.6 Å². The molecule has 5 aliphatic heterocycles. The number of aliphatic hydroxyl groups excluding tert-OH is 1. The van der Waals surface area contributed by atoms with Gasteiger partial charge in [-0.25, -0.2) is 4.79 Å². The fraction of sp³-hybridized carbons (Fsp3) is 0.600. The Labute approximate surface area is 334 Å². The second-order valence-corrected chi connectivity index (χ2v) is 17.9. The molecule has 4 N–H and O–H groups in total. The highest BCUT2D eigenvalue weighted by Crippen LogP contribution is 2.67. The van der Waals surface area contributed by atoms with Crippen molar-refractivity contribution >= 4 is 28.5 Å². The molecule has 2 bridgehead atoms. The van der Waals surface area contributed by atoms with Crippen molar-refractivity contribution in [2.45, 2.75) is 93.1 Å². The maximum Gasteiger partial charge on any atom is 0.342 e. The Morgan fingerprint density at radius 1 is 1.02 bits per heavy atom. The summed E-state index contributed by atoms with van der Waals surface area (Å²) in [5.41, 5.74) is 0.753. The van der Waals surface area contributed by atoms with E-state index in [1.54, 1.807) is 7.11 Å². The summed E-state index contributed by atoms with van der Waals surface area (Å²) in [6.07, 6.45) is 6.21. The molecular formula is C45H58N4O8. The number of H-pyrrole nitrogens is 1. The van der Waals surface area contributed by atoms with Crippen LogP contribution in [0.25, 0.3) is 10.9 Å². The first kappa shape index (κ1) is 38.6. The van der Waals surface area contributed by atoms with E-state index in [0.717, 1.165) is 52.1 Å². The quantitative estimate of drug-likeness (QED) is 0.214. The number of methoxy groups -OCH3 is 3. The molecule has 1 aromatic heterocycles. The Hall–Kier alpha value is -3.94. The number of ether oxygens (including phenoxy) is 3. The Morgan fingerprint density at radius 3 is 2.53 bits per heavy atom. The van der Waals surface area contributed by atoms with Gasteiger partial charge in [-0.3, -0.25) is 14.6 Å². The molecule has 9 rings (SSSR count). The third-order valence-electron chi connectivity index (χ3n) is 15.5. The maximum absolute atomic E-state index is 14.5. The van der Waals surface area contributed by atoms with Crippen LogP contribution in [-0.2, 0) is 30.9 Å². The Balaban J connectivity index is 1.32. The van der Waals surface area contributed by atoms with Gasteiger partial charge in [0.2, 0.25) is 5.60 Å². The van der Waals surface area contributed by atoms with Crippen LogP contribution in [0.4, 0.5) is 5.69 Å². The molecule has 6 aliphatic rings. The van der Waals surface area contributed by atoms with Crippen LogP contribution in [0.1, 0.15) is 74.3 Å². The molecule has 12 nitrogen and oxygen atoms in total. The van der Waals surface area contributed by atoms with E-state index in [9.17, 15) is 24.9 Å². The lowest BCUT2D eigenvalue weighted by Crippen LogP contribution is -2.80. The van der Waals surface area contributed by atoms with Gasteiger partial charge in [-0.2, -0.15) is 0 Å². The molecule has 2 saturated heterocycles. The molecule has 57 heavy (non-hydrogen) atoms. The molecule has 306 valence electrons.